The van der Waals surface area contributed by atoms with Crippen LogP contribution in [-0.2, 0) is 0 Å². The van der Waals surface area contributed by atoms with Gasteiger partial charge in [-0.25, -0.2) is 4.79 Å². The SMILES string of the molecule is COc1ccc(C(=O)O)c(Oc2c(C)cc(Cl)cc2C)c1. The van der Waals surface area contributed by atoms with Crippen molar-refractivity contribution >= 4 is 17.6 Å². The minimum absolute atomic E-state index is 0.0737. The fraction of sp³-hybridized carbons (Fsp3) is 0.188. The highest BCUT2D eigenvalue weighted by atomic mass is 35.5. The highest BCUT2D eigenvalue weighted by Crippen LogP contribution is 2.34. The smallest absolute Gasteiger partial charge is 0.339 e. The molecule has 4 nitrogen and oxygen atoms in total. The van der Waals surface area contributed by atoms with Crippen LogP contribution in [0.5, 0.6) is 17.2 Å². The average Bonchev–Trinajstić information content (AvgIpc) is 2.42. The Kier molecular flexibility index (Phi) is 4.38. The van der Waals surface area contributed by atoms with Crippen LogP contribution in [-0.4, -0.2) is 18.2 Å². The molecule has 0 amide bonds. The number of aryl methyl sites for hydroxylation is 2. The summed E-state index contributed by atoms with van der Waals surface area (Å²) in [6.07, 6.45) is 0. The summed E-state index contributed by atoms with van der Waals surface area (Å²) in [5.74, 6) is 0.293. The molecule has 5 heteroatoms. The van der Waals surface area contributed by atoms with Gasteiger partial charge in [0.1, 0.15) is 22.8 Å². The zero-order chi connectivity index (χ0) is 15.6. The molecule has 0 heterocycles. The fourth-order valence-corrected chi connectivity index (χ4v) is 2.39. The molecule has 0 aliphatic carbocycles. The zero-order valence-electron chi connectivity index (χ0n) is 11.9. The quantitative estimate of drug-likeness (QED) is 0.906. The number of carboxylic acids is 1. The summed E-state index contributed by atoms with van der Waals surface area (Å²) in [7, 11) is 1.51. The van der Waals surface area contributed by atoms with E-state index in [0.717, 1.165) is 11.1 Å². The highest BCUT2D eigenvalue weighted by Gasteiger charge is 2.15. The minimum atomic E-state index is -1.06. The van der Waals surface area contributed by atoms with Crippen LogP contribution in [0.15, 0.2) is 30.3 Å². The molecular weight excluding hydrogens is 292 g/mol. The van der Waals surface area contributed by atoms with E-state index in [2.05, 4.69) is 0 Å². The van der Waals surface area contributed by atoms with Crippen LogP contribution < -0.4 is 9.47 Å². The molecule has 0 radical (unpaired) electrons. The number of carbonyl (C=O) groups is 1. The Morgan fingerprint density at radius 2 is 1.76 bits per heavy atom. The monoisotopic (exact) mass is 306 g/mol. The number of ether oxygens (including phenoxy) is 2. The van der Waals surface area contributed by atoms with E-state index >= 15 is 0 Å². The van der Waals surface area contributed by atoms with Crippen LogP contribution in [0.1, 0.15) is 21.5 Å². The van der Waals surface area contributed by atoms with Gasteiger partial charge in [-0.2, -0.15) is 0 Å². The van der Waals surface area contributed by atoms with E-state index in [1.54, 1.807) is 24.3 Å². The second kappa shape index (κ2) is 6.06. The largest absolute Gasteiger partial charge is 0.497 e. The number of aromatic carboxylic acids is 1. The Morgan fingerprint density at radius 1 is 1.14 bits per heavy atom. The van der Waals surface area contributed by atoms with Crippen LogP contribution in [0, 0.1) is 13.8 Å². The van der Waals surface area contributed by atoms with Gasteiger partial charge in [0.2, 0.25) is 0 Å². The molecule has 0 fully saturated rings. The lowest BCUT2D eigenvalue weighted by atomic mass is 10.1. The first-order valence-electron chi connectivity index (χ1n) is 6.28. The molecule has 110 valence electrons. The van der Waals surface area contributed by atoms with Gasteiger partial charge in [0.05, 0.1) is 7.11 Å². The van der Waals surface area contributed by atoms with Crippen LogP contribution in [0.4, 0.5) is 0 Å². The second-order valence-corrected chi connectivity index (χ2v) is 5.07. The predicted molar refractivity (Wildman–Crippen MR) is 81.0 cm³/mol. The number of carboxylic acid groups (broad SMARTS) is 1. The van der Waals surface area contributed by atoms with Gasteiger partial charge in [-0.1, -0.05) is 11.6 Å². The van der Waals surface area contributed by atoms with Gasteiger partial charge in [0.15, 0.2) is 0 Å². The molecule has 2 aromatic carbocycles. The van der Waals surface area contributed by atoms with Gasteiger partial charge in [-0.3, -0.25) is 0 Å². The normalized spacial score (nSPS) is 10.3. The van der Waals surface area contributed by atoms with E-state index in [0.29, 0.717) is 16.5 Å². The van der Waals surface area contributed by atoms with Crippen molar-refractivity contribution in [3.8, 4) is 17.2 Å². The first-order valence-corrected chi connectivity index (χ1v) is 6.66. The van der Waals surface area contributed by atoms with E-state index in [9.17, 15) is 9.90 Å². The Bertz CT molecular complexity index is 672. The van der Waals surface area contributed by atoms with Gasteiger partial charge in [-0.15, -0.1) is 0 Å². The summed E-state index contributed by atoms with van der Waals surface area (Å²) >= 11 is 5.98. The molecule has 0 spiro atoms. The van der Waals surface area contributed by atoms with Crippen molar-refractivity contribution in [2.45, 2.75) is 13.8 Å². The minimum Gasteiger partial charge on any atom is -0.497 e. The maximum Gasteiger partial charge on any atom is 0.339 e. The molecule has 2 rings (SSSR count). The van der Waals surface area contributed by atoms with E-state index in [-0.39, 0.29) is 11.3 Å². The third-order valence-corrected chi connectivity index (χ3v) is 3.27. The topological polar surface area (TPSA) is 55.8 Å². The van der Waals surface area contributed by atoms with Crippen LogP contribution in [0.2, 0.25) is 5.02 Å². The molecule has 0 unspecified atom stereocenters. The Hall–Kier alpha value is -2.20. The first kappa shape index (κ1) is 15.2. The standard InChI is InChI=1S/C16H15ClO4/c1-9-6-11(17)7-10(2)15(9)21-14-8-12(20-3)4-5-13(14)16(18)19/h4-8H,1-3H3,(H,18,19). The molecule has 0 aromatic heterocycles. The summed E-state index contributed by atoms with van der Waals surface area (Å²) in [4.78, 5) is 11.3. The van der Waals surface area contributed by atoms with Crippen LogP contribution >= 0.6 is 11.6 Å². The molecule has 0 aliphatic heterocycles. The lowest BCUT2D eigenvalue weighted by Gasteiger charge is -2.14. The van der Waals surface area contributed by atoms with Gasteiger partial charge >= 0.3 is 5.97 Å². The average molecular weight is 307 g/mol. The maximum atomic E-state index is 11.3. The molecule has 21 heavy (non-hydrogen) atoms. The number of methoxy groups -OCH3 is 1. The van der Waals surface area contributed by atoms with Gasteiger partial charge < -0.3 is 14.6 Å². The van der Waals surface area contributed by atoms with Crippen LogP contribution in [0.3, 0.4) is 0 Å². The Balaban J connectivity index is 2.50. The Morgan fingerprint density at radius 3 is 2.29 bits per heavy atom. The van der Waals surface area contributed by atoms with E-state index in [4.69, 9.17) is 21.1 Å². The van der Waals surface area contributed by atoms with Gasteiger partial charge in [-0.05, 0) is 49.2 Å². The van der Waals surface area contributed by atoms with E-state index in [1.807, 2.05) is 13.8 Å². The molecule has 0 bridgehead atoms. The van der Waals surface area contributed by atoms with Crippen molar-refractivity contribution in [1.29, 1.82) is 0 Å². The lowest BCUT2D eigenvalue weighted by molar-refractivity contribution is 0.0694. The number of halogens is 1. The zero-order valence-corrected chi connectivity index (χ0v) is 12.7. The lowest BCUT2D eigenvalue weighted by Crippen LogP contribution is -2.02. The summed E-state index contributed by atoms with van der Waals surface area (Å²) in [6, 6.07) is 8.13. The third kappa shape index (κ3) is 3.28. The Labute approximate surface area is 127 Å². The van der Waals surface area contributed by atoms with E-state index in [1.165, 1.54) is 13.2 Å². The van der Waals surface area contributed by atoms with Crippen molar-refractivity contribution in [3.63, 3.8) is 0 Å². The molecule has 0 saturated carbocycles. The molecule has 0 aliphatic rings. The predicted octanol–water partition coefficient (Wildman–Crippen LogP) is 4.46. The number of benzene rings is 2. The van der Waals surface area contributed by atoms with E-state index < -0.39 is 5.97 Å². The summed E-state index contributed by atoms with van der Waals surface area (Å²) in [5, 5.41) is 9.86. The first-order chi connectivity index (χ1) is 9.92. The molecule has 0 saturated heterocycles. The second-order valence-electron chi connectivity index (χ2n) is 4.64. The van der Waals surface area contributed by atoms with Gasteiger partial charge in [0.25, 0.3) is 0 Å². The third-order valence-electron chi connectivity index (χ3n) is 3.06. The number of rotatable bonds is 4. The highest BCUT2D eigenvalue weighted by molar-refractivity contribution is 6.30. The molecular formula is C16H15ClO4. The molecule has 0 atom stereocenters. The summed E-state index contributed by atoms with van der Waals surface area (Å²) in [6.45, 7) is 3.71. The maximum absolute atomic E-state index is 11.3. The number of hydrogen-bond acceptors (Lipinski definition) is 3. The van der Waals surface area contributed by atoms with Crippen molar-refractivity contribution in [2.75, 3.05) is 7.11 Å². The summed E-state index contributed by atoms with van der Waals surface area (Å²) < 4.78 is 10.9. The summed E-state index contributed by atoms with van der Waals surface area (Å²) in [5.41, 5.74) is 1.74. The molecule has 2 aromatic rings. The van der Waals surface area contributed by atoms with Crippen molar-refractivity contribution < 1.29 is 19.4 Å². The van der Waals surface area contributed by atoms with Gasteiger partial charge in [0, 0.05) is 11.1 Å². The van der Waals surface area contributed by atoms with Crippen LogP contribution in [0.25, 0.3) is 0 Å². The van der Waals surface area contributed by atoms with Crippen molar-refractivity contribution in [3.05, 3.63) is 52.0 Å². The van der Waals surface area contributed by atoms with Crippen molar-refractivity contribution in [2.24, 2.45) is 0 Å². The molecule has 1 N–H and O–H groups in total. The van der Waals surface area contributed by atoms with Crippen molar-refractivity contribution in [1.82, 2.24) is 0 Å². The number of hydrogen-bond donors (Lipinski definition) is 1. The fourth-order valence-electron chi connectivity index (χ4n) is 2.06.